The summed E-state index contributed by atoms with van der Waals surface area (Å²) < 4.78 is 0. The lowest BCUT2D eigenvalue weighted by molar-refractivity contribution is -0.122. The van der Waals surface area contributed by atoms with Crippen molar-refractivity contribution < 1.29 is 4.79 Å². The SMILES string of the molecule is CN1CCN(CCCNC(=O)CC2CC3CCC2C3)CC1. The van der Waals surface area contributed by atoms with Gasteiger partial charge in [0, 0.05) is 39.1 Å². The standard InChI is InChI=1S/C17H31N3O/c1-19-7-9-20(10-8-19)6-2-5-18-17(21)13-16-12-14-3-4-15(16)11-14/h14-16H,2-13H2,1H3,(H,18,21). The molecule has 3 fully saturated rings. The normalized spacial score (nSPS) is 33.5. The maximum atomic E-state index is 12.0. The summed E-state index contributed by atoms with van der Waals surface area (Å²) in [6.45, 7) is 6.69. The Kier molecular flexibility index (Phi) is 5.17. The van der Waals surface area contributed by atoms with Crippen LogP contribution in [0.3, 0.4) is 0 Å². The maximum Gasteiger partial charge on any atom is 0.220 e. The van der Waals surface area contributed by atoms with E-state index in [9.17, 15) is 4.79 Å². The van der Waals surface area contributed by atoms with Gasteiger partial charge in [-0.15, -0.1) is 0 Å². The zero-order chi connectivity index (χ0) is 14.7. The Morgan fingerprint density at radius 3 is 2.62 bits per heavy atom. The molecule has 21 heavy (non-hydrogen) atoms. The van der Waals surface area contributed by atoms with Gasteiger partial charge >= 0.3 is 0 Å². The second-order valence-electron chi connectivity index (χ2n) is 7.49. The van der Waals surface area contributed by atoms with Crippen molar-refractivity contribution in [1.82, 2.24) is 15.1 Å². The molecule has 1 heterocycles. The van der Waals surface area contributed by atoms with E-state index in [0.717, 1.165) is 37.8 Å². The molecule has 3 rings (SSSR count). The third-order valence-corrected chi connectivity index (χ3v) is 5.90. The molecule has 3 atom stereocenters. The number of hydrogen-bond acceptors (Lipinski definition) is 3. The first-order valence-electron chi connectivity index (χ1n) is 8.88. The molecule has 0 spiro atoms. The Labute approximate surface area is 129 Å². The summed E-state index contributed by atoms with van der Waals surface area (Å²) in [6.07, 6.45) is 7.41. The van der Waals surface area contributed by atoms with E-state index in [4.69, 9.17) is 0 Å². The fourth-order valence-corrected chi connectivity index (χ4v) is 4.54. The molecule has 0 aromatic carbocycles. The van der Waals surface area contributed by atoms with Gasteiger partial charge in [0.1, 0.15) is 0 Å². The summed E-state index contributed by atoms with van der Waals surface area (Å²) in [6, 6.07) is 0. The molecule has 4 nitrogen and oxygen atoms in total. The minimum Gasteiger partial charge on any atom is -0.356 e. The minimum absolute atomic E-state index is 0.297. The minimum atomic E-state index is 0.297. The highest BCUT2D eigenvalue weighted by molar-refractivity contribution is 5.76. The molecule has 2 saturated carbocycles. The third-order valence-electron chi connectivity index (χ3n) is 5.90. The number of nitrogens with zero attached hydrogens (tertiary/aromatic N) is 2. The molecule has 1 saturated heterocycles. The zero-order valence-electron chi connectivity index (χ0n) is 13.5. The number of piperazine rings is 1. The van der Waals surface area contributed by atoms with Gasteiger partial charge < -0.3 is 15.1 Å². The summed E-state index contributed by atoms with van der Waals surface area (Å²) >= 11 is 0. The quantitative estimate of drug-likeness (QED) is 0.755. The van der Waals surface area contributed by atoms with Crippen molar-refractivity contribution in [3.63, 3.8) is 0 Å². The van der Waals surface area contributed by atoms with Crippen LogP contribution in [-0.4, -0.2) is 62.0 Å². The van der Waals surface area contributed by atoms with Crippen LogP contribution < -0.4 is 5.32 Å². The van der Waals surface area contributed by atoms with E-state index in [1.165, 1.54) is 51.9 Å². The van der Waals surface area contributed by atoms with E-state index in [2.05, 4.69) is 22.2 Å². The van der Waals surface area contributed by atoms with Gasteiger partial charge in [0.2, 0.25) is 5.91 Å². The fraction of sp³-hybridized carbons (Fsp3) is 0.941. The van der Waals surface area contributed by atoms with Crippen LogP contribution in [0, 0.1) is 17.8 Å². The molecule has 3 unspecified atom stereocenters. The molecule has 3 aliphatic rings. The van der Waals surface area contributed by atoms with E-state index in [1.54, 1.807) is 0 Å². The van der Waals surface area contributed by atoms with Crippen LogP contribution >= 0.6 is 0 Å². The van der Waals surface area contributed by atoms with E-state index in [-0.39, 0.29) is 0 Å². The Morgan fingerprint density at radius 2 is 1.95 bits per heavy atom. The third kappa shape index (κ3) is 4.19. The van der Waals surface area contributed by atoms with Crippen molar-refractivity contribution in [2.24, 2.45) is 17.8 Å². The lowest BCUT2D eigenvalue weighted by atomic mass is 9.86. The molecule has 0 aromatic heterocycles. The van der Waals surface area contributed by atoms with Crippen molar-refractivity contribution in [1.29, 1.82) is 0 Å². The average Bonchev–Trinajstić information content (AvgIpc) is 3.08. The van der Waals surface area contributed by atoms with E-state index in [1.807, 2.05) is 0 Å². The summed E-state index contributed by atoms with van der Waals surface area (Å²) in [4.78, 5) is 16.9. The molecule has 4 heteroatoms. The molecule has 2 aliphatic carbocycles. The van der Waals surface area contributed by atoms with Crippen molar-refractivity contribution in [3.05, 3.63) is 0 Å². The highest BCUT2D eigenvalue weighted by atomic mass is 16.1. The van der Waals surface area contributed by atoms with Gasteiger partial charge in [0.25, 0.3) is 0 Å². The summed E-state index contributed by atoms with van der Waals surface area (Å²) in [5.41, 5.74) is 0. The number of fused-ring (bicyclic) bond motifs is 2. The van der Waals surface area contributed by atoms with Gasteiger partial charge in [-0.3, -0.25) is 4.79 Å². The van der Waals surface area contributed by atoms with E-state index >= 15 is 0 Å². The highest BCUT2D eigenvalue weighted by Crippen LogP contribution is 2.49. The molecule has 2 bridgehead atoms. The van der Waals surface area contributed by atoms with Gasteiger partial charge in [0.05, 0.1) is 0 Å². The molecule has 0 aromatic rings. The molecular weight excluding hydrogens is 262 g/mol. The monoisotopic (exact) mass is 293 g/mol. The van der Waals surface area contributed by atoms with E-state index < -0.39 is 0 Å². The topological polar surface area (TPSA) is 35.6 Å². The van der Waals surface area contributed by atoms with Crippen molar-refractivity contribution >= 4 is 5.91 Å². The van der Waals surface area contributed by atoms with Crippen LogP contribution in [0.25, 0.3) is 0 Å². The number of hydrogen-bond donors (Lipinski definition) is 1. The first-order valence-corrected chi connectivity index (χ1v) is 8.88. The molecule has 0 radical (unpaired) electrons. The first-order chi connectivity index (χ1) is 10.2. The largest absolute Gasteiger partial charge is 0.356 e. The highest BCUT2D eigenvalue weighted by Gasteiger charge is 2.39. The number of carbonyl (C=O) groups excluding carboxylic acids is 1. The first kappa shape index (κ1) is 15.3. The molecule has 1 N–H and O–H groups in total. The zero-order valence-corrected chi connectivity index (χ0v) is 13.5. The molecule has 120 valence electrons. The molecule has 1 amide bonds. The Hall–Kier alpha value is -0.610. The fourth-order valence-electron chi connectivity index (χ4n) is 4.54. The number of rotatable bonds is 6. The molecule has 1 aliphatic heterocycles. The van der Waals surface area contributed by atoms with Gasteiger partial charge in [-0.1, -0.05) is 6.42 Å². The van der Waals surface area contributed by atoms with Gasteiger partial charge in [-0.05, 0) is 57.0 Å². The lowest BCUT2D eigenvalue weighted by Gasteiger charge is -2.32. The number of carbonyl (C=O) groups is 1. The smallest absolute Gasteiger partial charge is 0.220 e. The van der Waals surface area contributed by atoms with Crippen LogP contribution in [0.1, 0.15) is 38.5 Å². The maximum absolute atomic E-state index is 12.0. The number of likely N-dealkylation sites (N-methyl/N-ethyl adjacent to an activating group) is 1. The average molecular weight is 293 g/mol. The number of amides is 1. The van der Waals surface area contributed by atoms with E-state index in [0.29, 0.717) is 11.8 Å². The summed E-state index contributed by atoms with van der Waals surface area (Å²) in [5, 5.41) is 3.14. The van der Waals surface area contributed by atoms with Gasteiger partial charge in [0.15, 0.2) is 0 Å². The Morgan fingerprint density at radius 1 is 1.14 bits per heavy atom. The Bertz CT molecular complexity index is 352. The lowest BCUT2D eigenvalue weighted by Crippen LogP contribution is -2.45. The van der Waals surface area contributed by atoms with Crippen molar-refractivity contribution in [2.75, 3.05) is 46.3 Å². The van der Waals surface area contributed by atoms with Crippen LogP contribution in [0.15, 0.2) is 0 Å². The predicted octanol–water partition coefficient (Wildman–Crippen LogP) is 1.57. The summed E-state index contributed by atoms with van der Waals surface area (Å²) in [5.74, 6) is 2.81. The van der Waals surface area contributed by atoms with Crippen LogP contribution in [0.2, 0.25) is 0 Å². The second-order valence-corrected chi connectivity index (χ2v) is 7.49. The van der Waals surface area contributed by atoms with Crippen LogP contribution in [-0.2, 0) is 4.79 Å². The second kappa shape index (κ2) is 7.10. The predicted molar refractivity (Wildman–Crippen MR) is 85.1 cm³/mol. The summed E-state index contributed by atoms with van der Waals surface area (Å²) in [7, 11) is 2.19. The van der Waals surface area contributed by atoms with Crippen LogP contribution in [0.4, 0.5) is 0 Å². The number of nitrogens with one attached hydrogen (secondary N) is 1. The van der Waals surface area contributed by atoms with Gasteiger partial charge in [-0.2, -0.15) is 0 Å². The Balaban J connectivity index is 1.25. The van der Waals surface area contributed by atoms with Crippen molar-refractivity contribution in [2.45, 2.75) is 38.5 Å². The van der Waals surface area contributed by atoms with Crippen molar-refractivity contribution in [3.8, 4) is 0 Å². The van der Waals surface area contributed by atoms with Crippen LogP contribution in [0.5, 0.6) is 0 Å². The molecular formula is C17H31N3O. The van der Waals surface area contributed by atoms with Gasteiger partial charge in [-0.25, -0.2) is 0 Å².